The number of ether oxygens (including phenoxy) is 3. The van der Waals surface area contributed by atoms with E-state index in [0.717, 1.165) is 144 Å². The summed E-state index contributed by atoms with van der Waals surface area (Å²) in [7, 11) is 0. The number of aryl methyl sites for hydroxylation is 1. The number of fused-ring (bicyclic) bond motifs is 11. The molecule has 0 unspecified atom stereocenters. The number of benzene rings is 7. The van der Waals surface area contributed by atoms with Crippen LogP contribution in [0.5, 0.6) is 17.2 Å². The van der Waals surface area contributed by atoms with Crippen LogP contribution in [-0.2, 0) is 19.8 Å². The van der Waals surface area contributed by atoms with E-state index in [2.05, 4.69) is 214 Å². The standard InChI is InChI=1S/C75H53N7O3/c1-47-20-22-54(23-21-47)69-58-27-29-60(79-58)73(70-55-17-5-2-14-51(55)24-35-66(70)83-44-48-11-8-38-76-41-48)62-31-33-64(81-62)75(72-57-19-7-4-16-53(57)26-37-68(72)85-46-50-13-10-40-78-43-50)65-34-32-63(82-65)74(61-30-28-59(69)80-61)71-56-18-6-3-15-52(56)25-36-67(71)84-45-49-12-9-39-77-42-49/h2-43,79,82H,44-46H2,1H3. The molecule has 85 heavy (non-hydrogen) atoms. The van der Waals surface area contributed by atoms with Gasteiger partial charge in [-0.05, 0) is 130 Å². The quantitative estimate of drug-likeness (QED) is 0.117. The van der Waals surface area contributed by atoms with Crippen molar-refractivity contribution in [3.05, 3.63) is 276 Å². The third kappa shape index (κ3) is 9.71. The minimum absolute atomic E-state index is 0.297. The zero-order valence-corrected chi connectivity index (χ0v) is 46.3. The summed E-state index contributed by atoms with van der Waals surface area (Å²) in [5, 5.41) is 6.20. The third-order valence-corrected chi connectivity index (χ3v) is 15.9. The van der Waals surface area contributed by atoms with Crippen LogP contribution in [0.3, 0.4) is 0 Å². The van der Waals surface area contributed by atoms with Crippen LogP contribution in [0.15, 0.2) is 231 Å². The van der Waals surface area contributed by atoms with Crippen molar-refractivity contribution < 1.29 is 14.2 Å². The second kappa shape index (κ2) is 21.9. The highest BCUT2D eigenvalue weighted by Gasteiger charge is 2.26. The molecule has 0 saturated heterocycles. The number of pyridine rings is 3. The Bertz CT molecular complexity index is 4830. The first-order valence-electron chi connectivity index (χ1n) is 28.4. The van der Waals surface area contributed by atoms with Gasteiger partial charge in [0.15, 0.2) is 0 Å². The van der Waals surface area contributed by atoms with E-state index in [0.29, 0.717) is 37.1 Å². The highest BCUT2D eigenvalue weighted by atomic mass is 16.5. The Balaban J connectivity index is 1.09. The van der Waals surface area contributed by atoms with Gasteiger partial charge in [0.05, 0.1) is 22.8 Å². The molecular weight excluding hydrogens is 1050 g/mol. The van der Waals surface area contributed by atoms with E-state index < -0.39 is 0 Å². The van der Waals surface area contributed by atoms with Crippen LogP contribution in [-0.4, -0.2) is 34.9 Å². The maximum Gasteiger partial charge on any atom is 0.128 e. The Labute approximate surface area is 490 Å². The van der Waals surface area contributed by atoms with Gasteiger partial charge in [0.1, 0.15) is 37.1 Å². The maximum absolute atomic E-state index is 6.98. The predicted octanol–water partition coefficient (Wildman–Crippen LogP) is 18.0. The summed E-state index contributed by atoms with van der Waals surface area (Å²) in [5.74, 6) is 2.10. The van der Waals surface area contributed by atoms with Crippen LogP contribution < -0.4 is 14.2 Å². The fourth-order valence-electron chi connectivity index (χ4n) is 11.8. The van der Waals surface area contributed by atoms with E-state index in [-0.39, 0.29) is 0 Å². The van der Waals surface area contributed by atoms with Crippen molar-refractivity contribution in [1.29, 1.82) is 0 Å². The van der Waals surface area contributed by atoms with E-state index in [1.54, 1.807) is 18.6 Å². The number of aromatic amines is 2. The Kier molecular flexibility index (Phi) is 13.1. The molecule has 0 radical (unpaired) electrons. The Morgan fingerprint density at radius 2 is 0.659 bits per heavy atom. The molecule has 2 N–H and O–H groups in total. The molecule has 13 aromatic rings. The van der Waals surface area contributed by atoms with Crippen molar-refractivity contribution in [3.63, 3.8) is 0 Å². The van der Waals surface area contributed by atoms with Crippen LogP contribution in [0.2, 0.25) is 0 Å². The van der Waals surface area contributed by atoms with Gasteiger partial charge in [-0.25, -0.2) is 9.97 Å². The highest BCUT2D eigenvalue weighted by molar-refractivity contribution is 6.11. The topological polar surface area (TPSA) is 124 Å². The van der Waals surface area contributed by atoms with Crippen molar-refractivity contribution in [3.8, 4) is 61.8 Å². The van der Waals surface area contributed by atoms with Crippen LogP contribution >= 0.6 is 0 Å². The van der Waals surface area contributed by atoms with Crippen molar-refractivity contribution in [2.45, 2.75) is 26.7 Å². The number of hydrogen-bond acceptors (Lipinski definition) is 8. The predicted molar refractivity (Wildman–Crippen MR) is 344 cm³/mol. The van der Waals surface area contributed by atoms with Gasteiger partial charge in [-0.1, -0.05) is 139 Å². The monoisotopic (exact) mass is 1100 g/mol. The van der Waals surface area contributed by atoms with Gasteiger partial charge in [-0.2, -0.15) is 0 Å². The number of nitrogens with zero attached hydrogens (tertiary/aromatic N) is 5. The zero-order valence-electron chi connectivity index (χ0n) is 46.3. The van der Waals surface area contributed by atoms with E-state index in [9.17, 15) is 0 Å². The average molecular weight is 1100 g/mol. The first-order chi connectivity index (χ1) is 42.0. The first-order valence-corrected chi connectivity index (χ1v) is 28.4. The summed E-state index contributed by atoms with van der Waals surface area (Å²) in [4.78, 5) is 32.9. The molecule has 0 aliphatic carbocycles. The van der Waals surface area contributed by atoms with Gasteiger partial charge < -0.3 is 24.2 Å². The van der Waals surface area contributed by atoms with Crippen LogP contribution in [0, 0.1) is 6.92 Å². The molecule has 10 nitrogen and oxygen atoms in total. The molecule has 2 aliphatic rings. The number of nitrogens with one attached hydrogen (secondary N) is 2. The molecule has 2 aliphatic heterocycles. The van der Waals surface area contributed by atoms with Gasteiger partial charge in [-0.3, -0.25) is 15.0 Å². The second-order valence-corrected chi connectivity index (χ2v) is 21.3. The lowest BCUT2D eigenvalue weighted by Crippen LogP contribution is -2.00. The maximum atomic E-state index is 6.98. The van der Waals surface area contributed by atoms with Gasteiger partial charge in [0, 0.05) is 115 Å². The Hall–Kier alpha value is -11.2. The summed E-state index contributed by atoms with van der Waals surface area (Å²) in [6, 6.07) is 67.2. The molecular formula is C75H53N7O3. The number of aromatic nitrogens is 7. The highest BCUT2D eigenvalue weighted by Crippen LogP contribution is 2.48. The molecule has 0 saturated carbocycles. The summed E-state index contributed by atoms with van der Waals surface area (Å²) >= 11 is 0. The van der Waals surface area contributed by atoms with Crippen molar-refractivity contribution in [1.82, 2.24) is 34.9 Å². The number of hydrogen-bond donors (Lipinski definition) is 2. The lowest BCUT2D eigenvalue weighted by molar-refractivity contribution is 0.307. The molecule has 15 rings (SSSR count). The molecule has 0 spiro atoms. The van der Waals surface area contributed by atoms with Crippen LogP contribution in [0.1, 0.15) is 45.0 Å². The van der Waals surface area contributed by atoms with Gasteiger partial charge in [0.25, 0.3) is 0 Å². The lowest BCUT2D eigenvalue weighted by Gasteiger charge is -2.17. The largest absolute Gasteiger partial charge is 0.488 e. The lowest BCUT2D eigenvalue weighted by atomic mass is 9.95. The van der Waals surface area contributed by atoms with Gasteiger partial charge in [0.2, 0.25) is 0 Å². The molecule has 406 valence electrons. The van der Waals surface area contributed by atoms with E-state index in [4.69, 9.17) is 24.2 Å². The van der Waals surface area contributed by atoms with Crippen molar-refractivity contribution in [2.24, 2.45) is 0 Å². The van der Waals surface area contributed by atoms with Crippen LogP contribution in [0.25, 0.3) is 123 Å². The number of rotatable bonds is 13. The zero-order chi connectivity index (χ0) is 56.6. The smallest absolute Gasteiger partial charge is 0.128 e. The Morgan fingerprint density at radius 1 is 0.318 bits per heavy atom. The van der Waals surface area contributed by atoms with E-state index in [1.165, 1.54) is 0 Å². The molecule has 10 heteroatoms. The Morgan fingerprint density at radius 3 is 1.01 bits per heavy atom. The molecule has 8 heterocycles. The van der Waals surface area contributed by atoms with Gasteiger partial charge >= 0.3 is 0 Å². The SMILES string of the molecule is Cc1ccc(-c2c3nc(c(-c4c(OCc5cccnc5)ccc5ccccc45)c4ccc([nH]4)c(-c4c(OCc5cccnc5)ccc5ccccc45)c4nc(c(-c5c(OCc6cccnc6)ccc6ccccc56)c5ccc2[nH]5)C=C4)C=C3)cc1. The van der Waals surface area contributed by atoms with Crippen molar-refractivity contribution >= 4 is 78.7 Å². The van der Waals surface area contributed by atoms with Gasteiger partial charge in [-0.15, -0.1) is 0 Å². The average Bonchev–Trinajstić information content (AvgIpc) is 2.52. The molecule has 6 aromatic heterocycles. The molecule has 0 amide bonds. The third-order valence-electron chi connectivity index (χ3n) is 15.9. The fraction of sp³-hybridized carbons (Fsp3) is 0.0533. The summed E-state index contributed by atoms with van der Waals surface area (Å²) in [6.45, 7) is 3.03. The minimum atomic E-state index is 0.297. The molecule has 0 fully saturated rings. The normalized spacial score (nSPS) is 11.9. The number of H-pyrrole nitrogens is 2. The molecule has 8 bridgehead atoms. The second-order valence-electron chi connectivity index (χ2n) is 21.3. The fourth-order valence-corrected chi connectivity index (χ4v) is 11.8. The molecule has 0 atom stereocenters. The van der Waals surface area contributed by atoms with E-state index in [1.807, 2.05) is 55.0 Å². The molecule has 7 aromatic carbocycles. The summed E-state index contributed by atoms with van der Waals surface area (Å²) in [6.07, 6.45) is 19.4. The minimum Gasteiger partial charge on any atom is -0.488 e. The summed E-state index contributed by atoms with van der Waals surface area (Å²) in [5.41, 5.74) is 17.6. The first kappa shape index (κ1) is 50.7. The van der Waals surface area contributed by atoms with Crippen LogP contribution in [0.4, 0.5) is 0 Å². The van der Waals surface area contributed by atoms with E-state index >= 15 is 0 Å². The van der Waals surface area contributed by atoms with Crippen molar-refractivity contribution in [2.75, 3.05) is 0 Å². The summed E-state index contributed by atoms with van der Waals surface area (Å²) < 4.78 is 20.8.